The lowest BCUT2D eigenvalue weighted by Crippen LogP contribution is -2.24. The van der Waals surface area contributed by atoms with Gasteiger partial charge in [0.2, 0.25) is 0 Å². The molecule has 0 aliphatic rings. The zero-order chi connectivity index (χ0) is 24.1. The summed E-state index contributed by atoms with van der Waals surface area (Å²) in [6.45, 7) is 4.33. The fourth-order valence-electron chi connectivity index (χ4n) is 4.29. The van der Waals surface area contributed by atoms with Gasteiger partial charge in [0.05, 0.1) is 41.0 Å². The maximum absolute atomic E-state index is 13.2. The summed E-state index contributed by atoms with van der Waals surface area (Å²) in [6.07, 6.45) is 5.32. The zero-order valence-electron chi connectivity index (χ0n) is 19.7. The highest BCUT2D eigenvalue weighted by Crippen LogP contribution is 2.28. The van der Waals surface area contributed by atoms with Crippen LogP contribution in [0.1, 0.15) is 56.2 Å². The SMILES string of the molecule is CCCCCC(C)(O)c1ccc2ncn(Cc3ccc(-c4ccccc4C#N)cc3)c(=O)c2c1. The highest BCUT2D eigenvalue weighted by Gasteiger charge is 2.23. The molecule has 0 aliphatic carbocycles. The van der Waals surface area contributed by atoms with Gasteiger partial charge in [0.15, 0.2) is 0 Å². The maximum atomic E-state index is 13.2. The molecule has 1 unspecified atom stereocenters. The van der Waals surface area contributed by atoms with Crippen LogP contribution in [0.2, 0.25) is 0 Å². The van der Waals surface area contributed by atoms with Gasteiger partial charge in [-0.1, -0.05) is 74.7 Å². The molecule has 5 nitrogen and oxygen atoms in total. The monoisotopic (exact) mass is 451 g/mol. The molecule has 3 aromatic carbocycles. The van der Waals surface area contributed by atoms with E-state index in [1.807, 2.05) is 61.5 Å². The summed E-state index contributed by atoms with van der Waals surface area (Å²) in [5, 5.41) is 20.8. The summed E-state index contributed by atoms with van der Waals surface area (Å²) in [5.74, 6) is 0. The average molecular weight is 452 g/mol. The van der Waals surface area contributed by atoms with Crippen molar-refractivity contribution in [1.82, 2.24) is 9.55 Å². The van der Waals surface area contributed by atoms with Crippen LogP contribution in [0.15, 0.2) is 77.9 Å². The minimum Gasteiger partial charge on any atom is -0.385 e. The fraction of sp³-hybridized carbons (Fsp3) is 0.276. The molecule has 4 rings (SSSR count). The topological polar surface area (TPSA) is 78.9 Å². The van der Waals surface area contributed by atoms with Crippen molar-refractivity contribution in [1.29, 1.82) is 5.26 Å². The van der Waals surface area contributed by atoms with Crippen molar-refractivity contribution >= 4 is 10.9 Å². The molecule has 0 saturated carbocycles. The molecule has 0 aliphatic heterocycles. The Morgan fingerprint density at radius 2 is 1.82 bits per heavy atom. The third-order valence-corrected chi connectivity index (χ3v) is 6.38. The fourth-order valence-corrected chi connectivity index (χ4v) is 4.29. The smallest absolute Gasteiger partial charge is 0.261 e. The first-order valence-corrected chi connectivity index (χ1v) is 11.7. The van der Waals surface area contributed by atoms with Crippen LogP contribution in [0.5, 0.6) is 0 Å². The second-order valence-corrected chi connectivity index (χ2v) is 8.99. The number of aliphatic hydroxyl groups is 1. The van der Waals surface area contributed by atoms with Gasteiger partial charge in [0, 0.05) is 0 Å². The number of aromatic nitrogens is 2. The van der Waals surface area contributed by atoms with Crippen molar-refractivity contribution in [2.45, 2.75) is 51.7 Å². The summed E-state index contributed by atoms with van der Waals surface area (Å²) in [6, 6.07) is 23.1. The van der Waals surface area contributed by atoms with E-state index < -0.39 is 5.60 Å². The lowest BCUT2D eigenvalue weighted by atomic mass is 9.89. The Balaban J connectivity index is 1.60. The summed E-state index contributed by atoms with van der Waals surface area (Å²) in [4.78, 5) is 17.7. The van der Waals surface area contributed by atoms with E-state index in [0.29, 0.717) is 29.4 Å². The van der Waals surface area contributed by atoms with E-state index >= 15 is 0 Å². The lowest BCUT2D eigenvalue weighted by molar-refractivity contribution is 0.0451. The predicted molar refractivity (Wildman–Crippen MR) is 135 cm³/mol. The summed E-state index contributed by atoms with van der Waals surface area (Å²) >= 11 is 0. The lowest BCUT2D eigenvalue weighted by Gasteiger charge is -2.24. The Labute approximate surface area is 200 Å². The van der Waals surface area contributed by atoms with Gasteiger partial charge < -0.3 is 5.11 Å². The van der Waals surface area contributed by atoms with E-state index in [1.54, 1.807) is 23.0 Å². The zero-order valence-corrected chi connectivity index (χ0v) is 19.7. The van der Waals surface area contributed by atoms with Gasteiger partial charge in [-0.05, 0) is 53.8 Å². The number of hydrogen-bond donors (Lipinski definition) is 1. The molecule has 0 radical (unpaired) electrons. The van der Waals surface area contributed by atoms with Gasteiger partial charge in [-0.15, -0.1) is 0 Å². The second-order valence-electron chi connectivity index (χ2n) is 8.99. The van der Waals surface area contributed by atoms with E-state index in [9.17, 15) is 15.2 Å². The first-order valence-electron chi connectivity index (χ1n) is 11.7. The summed E-state index contributed by atoms with van der Waals surface area (Å²) in [5.41, 5.74) is 3.70. The van der Waals surface area contributed by atoms with Gasteiger partial charge in [-0.2, -0.15) is 5.26 Å². The van der Waals surface area contributed by atoms with Gasteiger partial charge in [-0.3, -0.25) is 9.36 Å². The Hall–Kier alpha value is -3.75. The summed E-state index contributed by atoms with van der Waals surface area (Å²) < 4.78 is 1.59. The number of nitrogens with zero attached hydrogens (tertiary/aromatic N) is 3. The van der Waals surface area contributed by atoms with Crippen molar-refractivity contribution in [2.24, 2.45) is 0 Å². The third kappa shape index (κ3) is 4.93. The molecule has 1 atom stereocenters. The van der Waals surface area contributed by atoms with Gasteiger partial charge in [0.1, 0.15) is 0 Å². The van der Waals surface area contributed by atoms with Crippen molar-refractivity contribution in [3.8, 4) is 17.2 Å². The molecule has 4 aromatic rings. The normalized spacial score (nSPS) is 12.9. The number of benzene rings is 3. The molecule has 0 fully saturated rings. The van der Waals surface area contributed by atoms with Crippen LogP contribution in [-0.4, -0.2) is 14.7 Å². The van der Waals surface area contributed by atoms with Gasteiger partial charge >= 0.3 is 0 Å². The largest absolute Gasteiger partial charge is 0.385 e. The van der Waals surface area contributed by atoms with Crippen molar-refractivity contribution in [3.05, 3.63) is 100 Å². The molecule has 1 N–H and O–H groups in total. The quantitative estimate of drug-likeness (QED) is 0.345. The Bertz CT molecular complexity index is 1400. The van der Waals surface area contributed by atoms with Crippen molar-refractivity contribution in [2.75, 3.05) is 0 Å². The van der Waals surface area contributed by atoms with E-state index in [4.69, 9.17) is 0 Å². The first kappa shape index (κ1) is 23.4. The number of rotatable bonds is 8. The number of nitriles is 1. The number of hydrogen-bond acceptors (Lipinski definition) is 4. The molecular weight excluding hydrogens is 422 g/mol. The van der Waals surface area contributed by atoms with Crippen LogP contribution in [-0.2, 0) is 12.1 Å². The van der Waals surface area contributed by atoms with Gasteiger partial charge in [-0.25, -0.2) is 4.98 Å². The number of unbranched alkanes of at least 4 members (excludes halogenated alkanes) is 2. The average Bonchev–Trinajstić information content (AvgIpc) is 2.86. The Kier molecular flexibility index (Phi) is 6.90. The van der Waals surface area contributed by atoms with Crippen molar-refractivity contribution < 1.29 is 5.11 Å². The molecule has 172 valence electrons. The van der Waals surface area contributed by atoms with Crippen LogP contribution in [0.25, 0.3) is 22.0 Å². The van der Waals surface area contributed by atoms with E-state index in [0.717, 1.165) is 41.5 Å². The predicted octanol–water partition coefficient (Wildman–Crippen LogP) is 5.77. The molecule has 0 spiro atoms. The summed E-state index contributed by atoms with van der Waals surface area (Å²) in [7, 11) is 0. The highest BCUT2D eigenvalue weighted by molar-refractivity contribution is 5.78. The van der Waals surface area contributed by atoms with E-state index in [-0.39, 0.29) is 5.56 Å². The minimum absolute atomic E-state index is 0.130. The molecule has 1 heterocycles. The van der Waals surface area contributed by atoms with Crippen LogP contribution in [0.3, 0.4) is 0 Å². The maximum Gasteiger partial charge on any atom is 0.261 e. The van der Waals surface area contributed by atoms with Gasteiger partial charge in [0.25, 0.3) is 5.56 Å². The van der Waals surface area contributed by atoms with E-state index in [2.05, 4.69) is 18.0 Å². The molecule has 0 amide bonds. The Morgan fingerprint density at radius 3 is 2.56 bits per heavy atom. The molecule has 0 bridgehead atoms. The first-order chi connectivity index (χ1) is 16.4. The molecule has 1 aromatic heterocycles. The standard InChI is InChI=1S/C29H29N3O2/c1-3-4-7-16-29(2,34)24-14-15-27-26(17-24)28(33)32(20-31-27)19-21-10-12-22(13-11-21)25-9-6-5-8-23(25)18-30/h5-6,8-15,17,20,34H,3-4,7,16,19H2,1-2H3. The van der Waals surface area contributed by atoms with Crippen LogP contribution in [0, 0.1) is 11.3 Å². The molecule has 0 saturated heterocycles. The molecular formula is C29H29N3O2. The Morgan fingerprint density at radius 1 is 1.06 bits per heavy atom. The highest BCUT2D eigenvalue weighted by atomic mass is 16.3. The number of fused-ring (bicyclic) bond motifs is 1. The van der Waals surface area contributed by atoms with Crippen molar-refractivity contribution in [3.63, 3.8) is 0 Å². The second kappa shape index (κ2) is 10.0. The molecule has 34 heavy (non-hydrogen) atoms. The minimum atomic E-state index is -0.980. The third-order valence-electron chi connectivity index (χ3n) is 6.38. The molecule has 5 heteroatoms. The van der Waals surface area contributed by atoms with Crippen LogP contribution in [0.4, 0.5) is 0 Å². The van der Waals surface area contributed by atoms with Crippen LogP contribution >= 0.6 is 0 Å². The van der Waals surface area contributed by atoms with E-state index in [1.165, 1.54) is 0 Å². The van der Waals surface area contributed by atoms with Crippen LogP contribution < -0.4 is 5.56 Å².